The summed E-state index contributed by atoms with van der Waals surface area (Å²) in [6, 6.07) is 15.3. The fraction of sp³-hybridized carbons (Fsp3) is 0.211. The molecule has 0 radical (unpaired) electrons. The molecule has 2 rings (SSSR count). The second-order valence-corrected chi connectivity index (χ2v) is 5.57. The number of rotatable bonds is 6. The number of carbonyl (C=O) groups excluding carboxylic acids is 2. The summed E-state index contributed by atoms with van der Waals surface area (Å²) in [6.07, 6.45) is 1.76. The van der Waals surface area contributed by atoms with E-state index in [-0.39, 0.29) is 24.7 Å². The summed E-state index contributed by atoms with van der Waals surface area (Å²) in [5.41, 5.74) is 6.16. The Kier molecular flexibility index (Phi) is 6.25. The van der Waals surface area contributed by atoms with Crippen LogP contribution in [0.15, 0.2) is 53.6 Å². The van der Waals surface area contributed by atoms with Crippen molar-refractivity contribution in [1.29, 1.82) is 0 Å². The smallest absolute Gasteiger partial charge is 0.240 e. The van der Waals surface area contributed by atoms with Crippen LogP contribution in [-0.4, -0.2) is 18.0 Å². The van der Waals surface area contributed by atoms with Crippen molar-refractivity contribution in [3.63, 3.8) is 0 Å². The van der Waals surface area contributed by atoms with Crippen LogP contribution >= 0.6 is 0 Å². The minimum Gasteiger partial charge on any atom is -0.326 e. The first-order chi connectivity index (χ1) is 11.5. The van der Waals surface area contributed by atoms with Crippen molar-refractivity contribution < 1.29 is 9.59 Å². The molecular weight excluding hydrogens is 302 g/mol. The van der Waals surface area contributed by atoms with Gasteiger partial charge in [0.05, 0.1) is 6.21 Å². The number of amides is 2. The number of hydrogen-bond acceptors (Lipinski definition) is 3. The van der Waals surface area contributed by atoms with Gasteiger partial charge in [0.1, 0.15) is 0 Å². The minimum absolute atomic E-state index is 0.0861. The summed E-state index contributed by atoms with van der Waals surface area (Å²) in [6.45, 7) is 3.90. The maximum absolute atomic E-state index is 11.9. The summed E-state index contributed by atoms with van der Waals surface area (Å²) < 4.78 is 0. The third kappa shape index (κ3) is 5.68. The Morgan fingerprint density at radius 1 is 1.00 bits per heavy atom. The lowest BCUT2D eigenvalue weighted by Crippen LogP contribution is -2.20. The van der Waals surface area contributed by atoms with Gasteiger partial charge in [-0.3, -0.25) is 9.59 Å². The van der Waals surface area contributed by atoms with Crippen LogP contribution in [-0.2, 0) is 9.59 Å². The fourth-order valence-corrected chi connectivity index (χ4v) is 2.08. The SMILES string of the molecule is Cc1ccc(C)c(NC(=O)CCC(=O)NN=Cc2ccccc2)c1. The predicted molar refractivity (Wildman–Crippen MR) is 96.0 cm³/mol. The molecule has 0 saturated carbocycles. The Morgan fingerprint density at radius 3 is 2.46 bits per heavy atom. The molecule has 0 bridgehead atoms. The molecule has 0 spiro atoms. The van der Waals surface area contributed by atoms with Crippen molar-refractivity contribution in [2.24, 2.45) is 5.10 Å². The van der Waals surface area contributed by atoms with Crippen LogP contribution in [0.5, 0.6) is 0 Å². The van der Waals surface area contributed by atoms with E-state index in [2.05, 4.69) is 15.8 Å². The molecule has 2 aromatic rings. The van der Waals surface area contributed by atoms with E-state index in [0.717, 1.165) is 22.4 Å². The summed E-state index contributed by atoms with van der Waals surface area (Å²) >= 11 is 0. The van der Waals surface area contributed by atoms with Crippen LogP contribution in [0.25, 0.3) is 0 Å². The van der Waals surface area contributed by atoms with Gasteiger partial charge in [0, 0.05) is 18.5 Å². The molecule has 124 valence electrons. The van der Waals surface area contributed by atoms with Gasteiger partial charge in [0.15, 0.2) is 0 Å². The lowest BCUT2D eigenvalue weighted by Gasteiger charge is -2.09. The molecule has 24 heavy (non-hydrogen) atoms. The third-order valence-electron chi connectivity index (χ3n) is 3.45. The Balaban J connectivity index is 1.76. The van der Waals surface area contributed by atoms with Gasteiger partial charge in [-0.15, -0.1) is 0 Å². The first-order valence-electron chi connectivity index (χ1n) is 7.78. The van der Waals surface area contributed by atoms with Crippen molar-refractivity contribution >= 4 is 23.7 Å². The molecule has 0 heterocycles. The van der Waals surface area contributed by atoms with Crippen LogP contribution < -0.4 is 10.7 Å². The lowest BCUT2D eigenvalue weighted by molar-refractivity contribution is -0.124. The molecule has 0 atom stereocenters. The molecule has 0 aliphatic rings. The summed E-state index contributed by atoms with van der Waals surface area (Å²) in [5, 5.41) is 6.70. The number of benzene rings is 2. The van der Waals surface area contributed by atoms with Gasteiger partial charge in [-0.25, -0.2) is 5.43 Å². The quantitative estimate of drug-likeness (QED) is 0.633. The van der Waals surface area contributed by atoms with Crippen molar-refractivity contribution in [2.75, 3.05) is 5.32 Å². The van der Waals surface area contributed by atoms with Crippen molar-refractivity contribution in [1.82, 2.24) is 5.43 Å². The summed E-state index contributed by atoms with van der Waals surface area (Å²) in [5.74, 6) is -0.482. The van der Waals surface area contributed by atoms with Crippen molar-refractivity contribution in [2.45, 2.75) is 26.7 Å². The molecule has 0 aliphatic carbocycles. The van der Waals surface area contributed by atoms with Crippen molar-refractivity contribution in [3.05, 3.63) is 65.2 Å². The summed E-state index contributed by atoms with van der Waals surface area (Å²) in [4.78, 5) is 23.7. The Bertz CT molecular complexity index is 740. The highest BCUT2D eigenvalue weighted by Gasteiger charge is 2.08. The molecule has 0 fully saturated rings. The van der Waals surface area contributed by atoms with Gasteiger partial charge < -0.3 is 5.32 Å². The van der Waals surface area contributed by atoms with E-state index in [1.807, 2.05) is 62.4 Å². The van der Waals surface area contributed by atoms with Gasteiger partial charge in [0.2, 0.25) is 11.8 Å². The molecule has 0 saturated heterocycles. The van der Waals surface area contributed by atoms with Gasteiger partial charge in [-0.05, 0) is 36.6 Å². The molecule has 2 amide bonds. The van der Waals surface area contributed by atoms with Gasteiger partial charge in [0.25, 0.3) is 0 Å². The maximum Gasteiger partial charge on any atom is 0.240 e. The number of nitrogens with zero attached hydrogens (tertiary/aromatic N) is 1. The number of nitrogens with one attached hydrogen (secondary N) is 2. The van der Waals surface area contributed by atoms with E-state index >= 15 is 0 Å². The highest BCUT2D eigenvalue weighted by molar-refractivity contribution is 5.94. The minimum atomic E-state index is -0.293. The number of hydrogen-bond donors (Lipinski definition) is 2. The van der Waals surface area contributed by atoms with E-state index in [9.17, 15) is 9.59 Å². The third-order valence-corrected chi connectivity index (χ3v) is 3.45. The van der Waals surface area contributed by atoms with Gasteiger partial charge >= 0.3 is 0 Å². The highest BCUT2D eigenvalue weighted by atomic mass is 16.2. The standard InChI is InChI=1S/C19H21N3O2/c1-14-8-9-15(2)17(12-14)21-18(23)10-11-19(24)22-20-13-16-6-4-3-5-7-16/h3-9,12-13H,10-11H2,1-2H3,(H,21,23)(H,22,24). The first-order valence-corrected chi connectivity index (χ1v) is 7.78. The molecular formula is C19H21N3O2. The number of carbonyl (C=O) groups is 2. The van der Waals surface area contributed by atoms with Gasteiger partial charge in [-0.2, -0.15) is 5.10 Å². The fourth-order valence-electron chi connectivity index (χ4n) is 2.08. The molecule has 5 heteroatoms. The topological polar surface area (TPSA) is 70.6 Å². The number of hydrazone groups is 1. The Hall–Kier alpha value is -2.95. The second-order valence-electron chi connectivity index (χ2n) is 5.57. The second kappa shape index (κ2) is 8.62. The Morgan fingerprint density at radius 2 is 1.71 bits per heavy atom. The van der Waals surface area contributed by atoms with E-state index in [0.29, 0.717) is 0 Å². The molecule has 0 aromatic heterocycles. The molecule has 2 N–H and O–H groups in total. The lowest BCUT2D eigenvalue weighted by atomic mass is 10.1. The van der Waals surface area contributed by atoms with Gasteiger partial charge in [-0.1, -0.05) is 42.5 Å². The van der Waals surface area contributed by atoms with E-state index in [1.54, 1.807) is 6.21 Å². The van der Waals surface area contributed by atoms with Crippen molar-refractivity contribution in [3.8, 4) is 0 Å². The zero-order valence-corrected chi connectivity index (χ0v) is 13.9. The monoisotopic (exact) mass is 323 g/mol. The van der Waals surface area contributed by atoms with Crippen LogP contribution in [0.1, 0.15) is 29.5 Å². The normalized spacial score (nSPS) is 10.6. The van der Waals surface area contributed by atoms with Crippen LogP contribution in [0.3, 0.4) is 0 Å². The van der Waals surface area contributed by atoms with E-state index < -0.39 is 0 Å². The Labute approximate surface area is 141 Å². The van der Waals surface area contributed by atoms with E-state index in [4.69, 9.17) is 0 Å². The summed E-state index contributed by atoms with van der Waals surface area (Å²) in [7, 11) is 0. The predicted octanol–water partition coefficient (Wildman–Crippen LogP) is 3.17. The zero-order valence-electron chi connectivity index (χ0n) is 13.9. The number of anilines is 1. The average Bonchev–Trinajstić information content (AvgIpc) is 2.57. The number of aryl methyl sites for hydroxylation is 2. The molecule has 5 nitrogen and oxygen atoms in total. The first kappa shape index (κ1) is 17.4. The average molecular weight is 323 g/mol. The van der Waals surface area contributed by atoms with Crippen LogP contribution in [0.4, 0.5) is 5.69 Å². The van der Waals surface area contributed by atoms with Crippen LogP contribution in [0.2, 0.25) is 0 Å². The maximum atomic E-state index is 11.9. The largest absolute Gasteiger partial charge is 0.326 e. The highest BCUT2D eigenvalue weighted by Crippen LogP contribution is 2.16. The molecule has 2 aromatic carbocycles. The van der Waals surface area contributed by atoms with E-state index in [1.165, 1.54) is 0 Å². The zero-order chi connectivity index (χ0) is 17.4. The molecule has 0 unspecified atom stereocenters. The molecule has 0 aliphatic heterocycles. The van der Waals surface area contributed by atoms with Crippen LogP contribution in [0, 0.1) is 13.8 Å².